The van der Waals surface area contributed by atoms with Crippen molar-refractivity contribution in [3.8, 4) is 0 Å². The molecule has 12 heavy (non-hydrogen) atoms. The molecule has 1 aliphatic carbocycles. The zero-order valence-corrected chi connectivity index (χ0v) is 8.25. The third-order valence-corrected chi connectivity index (χ3v) is 2.45. The van der Waals surface area contributed by atoms with Crippen LogP contribution in [0.3, 0.4) is 0 Å². The second-order valence-corrected chi connectivity index (χ2v) is 3.81. The molecule has 0 heterocycles. The molecule has 1 unspecified atom stereocenters. The molecule has 0 saturated heterocycles. The fourth-order valence-electron chi connectivity index (χ4n) is 1.51. The molecule has 1 aliphatic rings. The molecule has 0 amide bonds. The number of hydrogen-bond acceptors (Lipinski definition) is 2. The lowest BCUT2D eigenvalue weighted by atomic mass is 9.86. The molecule has 2 heteroatoms. The first-order valence-electron chi connectivity index (χ1n) is 4.59. The third kappa shape index (κ3) is 3.88. The van der Waals surface area contributed by atoms with Crippen molar-refractivity contribution in [2.24, 2.45) is 11.8 Å². The molecule has 0 fully saturated rings. The average Bonchev–Trinajstić information content (AvgIpc) is 2.09. The van der Waals surface area contributed by atoms with Crippen LogP contribution in [0.4, 0.5) is 0 Å². The van der Waals surface area contributed by atoms with Gasteiger partial charge in [0.25, 0.3) is 0 Å². The smallest absolute Gasteiger partial charge is 0.0260 e. The monoisotopic (exact) mass is 172 g/mol. The number of rotatable bonds is 1. The van der Waals surface area contributed by atoms with E-state index in [2.05, 4.69) is 26.8 Å². The Kier molecular flexibility index (Phi) is 6.03. The van der Waals surface area contributed by atoms with Crippen LogP contribution >= 0.6 is 0 Å². The van der Waals surface area contributed by atoms with E-state index in [1.54, 1.807) is 5.57 Å². The highest BCUT2D eigenvalue weighted by Gasteiger charge is 2.11. The average molecular weight is 172 g/mol. The largest absolute Gasteiger partial charge is 0.255 e. The van der Waals surface area contributed by atoms with Gasteiger partial charge in [0.1, 0.15) is 0 Å². The Bertz CT molecular complexity index is 139. The summed E-state index contributed by atoms with van der Waals surface area (Å²) >= 11 is 0. The van der Waals surface area contributed by atoms with Gasteiger partial charge in [0.2, 0.25) is 0 Å². The fourth-order valence-corrected chi connectivity index (χ4v) is 1.51. The molecule has 0 bridgehead atoms. The summed E-state index contributed by atoms with van der Waals surface area (Å²) < 4.78 is 0. The van der Waals surface area contributed by atoms with Crippen LogP contribution in [0.2, 0.25) is 0 Å². The molecule has 2 nitrogen and oxygen atoms in total. The molecule has 1 atom stereocenters. The first-order valence-corrected chi connectivity index (χ1v) is 4.59. The van der Waals surface area contributed by atoms with Gasteiger partial charge in [-0.2, -0.15) is 0 Å². The molecule has 0 aromatic rings. The van der Waals surface area contributed by atoms with Gasteiger partial charge in [-0.05, 0) is 31.1 Å². The van der Waals surface area contributed by atoms with Crippen LogP contribution < -0.4 is 0 Å². The van der Waals surface area contributed by atoms with Crippen molar-refractivity contribution < 1.29 is 10.5 Å². The van der Waals surface area contributed by atoms with E-state index in [0.717, 1.165) is 11.8 Å². The lowest BCUT2D eigenvalue weighted by Gasteiger charge is -2.20. The molecule has 0 spiro atoms. The summed E-state index contributed by atoms with van der Waals surface area (Å²) in [6, 6.07) is 0. The van der Waals surface area contributed by atoms with Crippen molar-refractivity contribution in [1.82, 2.24) is 0 Å². The molecule has 0 aromatic heterocycles. The minimum Gasteiger partial charge on any atom is -0.255 e. The predicted molar refractivity (Wildman–Crippen MR) is 51.2 cm³/mol. The Morgan fingerprint density at radius 2 is 2.00 bits per heavy atom. The van der Waals surface area contributed by atoms with Gasteiger partial charge < -0.3 is 0 Å². The van der Waals surface area contributed by atoms with Gasteiger partial charge in [-0.3, -0.25) is 10.5 Å². The summed E-state index contributed by atoms with van der Waals surface area (Å²) in [6.07, 6.45) is 6.51. The minimum atomic E-state index is 0.785. The lowest BCUT2D eigenvalue weighted by molar-refractivity contribution is -0.176. The van der Waals surface area contributed by atoms with Gasteiger partial charge >= 0.3 is 0 Å². The van der Waals surface area contributed by atoms with Crippen molar-refractivity contribution in [3.05, 3.63) is 11.6 Å². The zero-order valence-electron chi connectivity index (χ0n) is 8.25. The fraction of sp³-hybridized carbons (Fsp3) is 0.800. The van der Waals surface area contributed by atoms with Crippen molar-refractivity contribution in [1.29, 1.82) is 0 Å². The molecule has 1 rings (SSSR count). The zero-order chi connectivity index (χ0) is 9.56. The Labute approximate surface area is 74.9 Å². The van der Waals surface area contributed by atoms with Crippen LogP contribution in [0.5, 0.6) is 0 Å². The molecule has 0 aliphatic heterocycles. The highest BCUT2D eigenvalue weighted by molar-refractivity contribution is 5.08. The molecule has 72 valence electrons. The second-order valence-electron chi connectivity index (χ2n) is 3.81. The standard InChI is InChI=1S/C10H18.H2O2/c1-8(2)10-6-4-9(3)5-7-10;1-2/h6,8-9H,4-5,7H2,1-3H3;1-2H. The summed E-state index contributed by atoms with van der Waals surface area (Å²) in [7, 11) is 0. The first-order chi connectivity index (χ1) is 5.70. The van der Waals surface area contributed by atoms with Gasteiger partial charge in [0.05, 0.1) is 0 Å². The first kappa shape index (κ1) is 11.7. The van der Waals surface area contributed by atoms with E-state index in [4.69, 9.17) is 10.5 Å². The molecule has 2 N–H and O–H groups in total. The van der Waals surface area contributed by atoms with Gasteiger partial charge in [-0.25, -0.2) is 0 Å². The maximum Gasteiger partial charge on any atom is -0.0260 e. The summed E-state index contributed by atoms with van der Waals surface area (Å²) in [6.45, 7) is 6.93. The highest BCUT2D eigenvalue weighted by atomic mass is 17.0. The van der Waals surface area contributed by atoms with E-state index in [1.807, 2.05) is 0 Å². The Hall–Kier alpha value is -0.340. The van der Waals surface area contributed by atoms with Crippen LogP contribution in [0.1, 0.15) is 40.0 Å². The normalized spacial score (nSPS) is 22.8. The summed E-state index contributed by atoms with van der Waals surface area (Å²) in [5.74, 6) is 1.72. The summed E-state index contributed by atoms with van der Waals surface area (Å²) in [5.41, 5.74) is 1.68. The quantitative estimate of drug-likeness (QED) is 0.361. The van der Waals surface area contributed by atoms with Crippen molar-refractivity contribution >= 4 is 0 Å². The molecule has 0 radical (unpaired) electrons. The van der Waals surface area contributed by atoms with Gasteiger partial charge in [-0.1, -0.05) is 32.4 Å². The molecule has 0 saturated carbocycles. The van der Waals surface area contributed by atoms with Crippen LogP contribution in [0.15, 0.2) is 11.6 Å². The third-order valence-electron chi connectivity index (χ3n) is 2.45. The summed E-state index contributed by atoms with van der Waals surface area (Å²) in [5, 5.41) is 12.0. The van der Waals surface area contributed by atoms with Gasteiger partial charge in [0, 0.05) is 0 Å². The maximum absolute atomic E-state index is 6.00. The lowest BCUT2D eigenvalue weighted by Crippen LogP contribution is -2.05. The van der Waals surface area contributed by atoms with Crippen LogP contribution in [0, 0.1) is 11.8 Å². The van der Waals surface area contributed by atoms with E-state index >= 15 is 0 Å². The second kappa shape index (κ2) is 6.21. The summed E-state index contributed by atoms with van der Waals surface area (Å²) in [4.78, 5) is 0. The van der Waals surface area contributed by atoms with Crippen LogP contribution in [0.25, 0.3) is 0 Å². The Morgan fingerprint density at radius 3 is 2.33 bits per heavy atom. The van der Waals surface area contributed by atoms with Crippen LogP contribution in [-0.2, 0) is 0 Å². The van der Waals surface area contributed by atoms with E-state index in [0.29, 0.717) is 0 Å². The van der Waals surface area contributed by atoms with E-state index in [-0.39, 0.29) is 0 Å². The highest BCUT2D eigenvalue weighted by Crippen LogP contribution is 2.27. The van der Waals surface area contributed by atoms with Crippen molar-refractivity contribution in [3.63, 3.8) is 0 Å². The molecular formula is C10H20O2. The SMILES string of the molecule is CC1CC=C(C(C)C)CC1.OO. The molecule has 0 aromatic carbocycles. The Balaban J connectivity index is 0.000000561. The van der Waals surface area contributed by atoms with Gasteiger partial charge in [0.15, 0.2) is 0 Å². The minimum absolute atomic E-state index is 0.785. The van der Waals surface area contributed by atoms with Crippen LogP contribution in [-0.4, -0.2) is 10.5 Å². The number of allylic oxidation sites excluding steroid dienone is 2. The van der Waals surface area contributed by atoms with Crippen molar-refractivity contribution in [2.45, 2.75) is 40.0 Å². The van der Waals surface area contributed by atoms with Crippen molar-refractivity contribution in [2.75, 3.05) is 0 Å². The predicted octanol–water partition coefficient (Wildman–Crippen LogP) is 3.41. The Morgan fingerprint density at radius 1 is 1.42 bits per heavy atom. The number of hydrogen-bond donors (Lipinski definition) is 2. The maximum atomic E-state index is 6.00. The van der Waals surface area contributed by atoms with E-state index < -0.39 is 0 Å². The van der Waals surface area contributed by atoms with E-state index in [9.17, 15) is 0 Å². The van der Waals surface area contributed by atoms with E-state index in [1.165, 1.54) is 19.3 Å². The molecular weight excluding hydrogens is 152 g/mol. The topological polar surface area (TPSA) is 40.5 Å². The van der Waals surface area contributed by atoms with Gasteiger partial charge in [-0.15, -0.1) is 0 Å².